The molecule has 0 atom stereocenters. The molecule has 1 N–H and O–H groups in total. The molecule has 4 rings (SSSR count). The second kappa shape index (κ2) is 5.73. The summed E-state index contributed by atoms with van der Waals surface area (Å²) in [4.78, 5) is 4.91. The smallest absolute Gasteiger partial charge is 0.248 e. The molecule has 0 saturated carbocycles. The molecule has 0 fully saturated rings. The van der Waals surface area contributed by atoms with Gasteiger partial charge in [0, 0.05) is 21.7 Å². The molecule has 23 heavy (non-hydrogen) atoms. The second-order valence-corrected chi connectivity index (χ2v) is 5.32. The van der Waals surface area contributed by atoms with Crippen LogP contribution in [0.1, 0.15) is 5.56 Å². The van der Waals surface area contributed by atoms with Crippen LogP contribution in [-0.2, 0) is 4.84 Å². The van der Waals surface area contributed by atoms with Crippen molar-refractivity contribution >= 4 is 17.4 Å². The van der Waals surface area contributed by atoms with Crippen molar-refractivity contribution in [2.75, 3.05) is 6.73 Å². The van der Waals surface area contributed by atoms with Crippen LogP contribution in [0.2, 0.25) is 5.02 Å². The maximum atomic E-state index is 5.88. The highest BCUT2D eigenvalue weighted by Crippen LogP contribution is 2.25. The SMILES string of the molecule is Clc1ccc(-c2nnc(-c3ccc(C4=NOCN4)cc3)o2)cc1. The minimum atomic E-state index is 0.394. The minimum Gasteiger partial charge on any atom is -0.416 e. The molecule has 1 aliphatic heterocycles. The summed E-state index contributed by atoms with van der Waals surface area (Å²) in [6.45, 7) is 0.394. The first-order valence-electron chi connectivity index (χ1n) is 6.94. The van der Waals surface area contributed by atoms with E-state index in [-0.39, 0.29) is 0 Å². The average molecular weight is 327 g/mol. The summed E-state index contributed by atoms with van der Waals surface area (Å²) in [5, 5.41) is 15.8. The van der Waals surface area contributed by atoms with Crippen LogP contribution in [0.4, 0.5) is 0 Å². The van der Waals surface area contributed by atoms with Crippen molar-refractivity contribution in [3.8, 4) is 22.9 Å². The number of halogens is 1. The lowest BCUT2D eigenvalue weighted by Gasteiger charge is -2.00. The highest BCUT2D eigenvalue weighted by atomic mass is 35.5. The fourth-order valence-electron chi connectivity index (χ4n) is 2.20. The third-order valence-electron chi connectivity index (χ3n) is 3.38. The zero-order chi connectivity index (χ0) is 15.6. The van der Waals surface area contributed by atoms with Crippen molar-refractivity contribution in [2.45, 2.75) is 0 Å². The van der Waals surface area contributed by atoms with Crippen molar-refractivity contribution in [1.82, 2.24) is 15.5 Å². The first kappa shape index (κ1) is 13.8. The molecule has 0 spiro atoms. The minimum absolute atomic E-state index is 0.394. The first-order valence-corrected chi connectivity index (χ1v) is 7.31. The van der Waals surface area contributed by atoms with Crippen molar-refractivity contribution in [1.29, 1.82) is 0 Å². The Labute approximate surface area is 136 Å². The number of benzene rings is 2. The van der Waals surface area contributed by atoms with Crippen LogP contribution in [-0.4, -0.2) is 22.8 Å². The number of aromatic nitrogens is 2. The summed E-state index contributed by atoms with van der Waals surface area (Å²) in [6.07, 6.45) is 0. The summed E-state index contributed by atoms with van der Waals surface area (Å²) in [7, 11) is 0. The van der Waals surface area contributed by atoms with Gasteiger partial charge < -0.3 is 14.6 Å². The van der Waals surface area contributed by atoms with E-state index < -0.39 is 0 Å². The Morgan fingerprint density at radius 1 is 0.826 bits per heavy atom. The number of hydrogen-bond donors (Lipinski definition) is 1. The van der Waals surface area contributed by atoms with Crippen molar-refractivity contribution in [3.63, 3.8) is 0 Å². The highest BCUT2D eigenvalue weighted by molar-refractivity contribution is 6.30. The molecule has 0 radical (unpaired) electrons. The van der Waals surface area contributed by atoms with Crippen molar-refractivity contribution in [3.05, 3.63) is 59.1 Å². The molecule has 1 aliphatic rings. The van der Waals surface area contributed by atoms with Gasteiger partial charge in [0.2, 0.25) is 11.8 Å². The van der Waals surface area contributed by atoms with E-state index in [4.69, 9.17) is 20.9 Å². The van der Waals surface area contributed by atoms with Gasteiger partial charge in [-0.3, -0.25) is 0 Å². The number of nitrogens with zero attached hydrogens (tertiary/aromatic N) is 3. The number of oxime groups is 1. The van der Waals surface area contributed by atoms with Crippen LogP contribution in [0.5, 0.6) is 0 Å². The highest BCUT2D eigenvalue weighted by Gasteiger charge is 2.13. The molecule has 2 heterocycles. The predicted molar refractivity (Wildman–Crippen MR) is 85.8 cm³/mol. The van der Waals surface area contributed by atoms with Crippen LogP contribution >= 0.6 is 11.6 Å². The standard InChI is InChI=1S/C16H11ClN4O2/c17-13-7-5-12(6-8-13)16-20-19-15(23-16)11-3-1-10(2-4-11)14-18-9-22-21-14/h1-8H,9H2,(H,18,21). The summed E-state index contributed by atoms with van der Waals surface area (Å²) in [6, 6.07) is 14.9. The number of nitrogens with one attached hydrogen (secondary N) is 1. The normalized spacial score (nSPS) is 13.3. The van der Waals surface area contributed by atoms with Gasteiger partial charge in [-0.2, -0.15) is 0 Å². The van der Waals surface area contributed by atoms with Gasteiger partial charge in [-0.25, -0.2) is 0 Å². The van der Waals surface area contributed by atoms with Crippen molar-refractivity contribution < 1.29 is 9.25 Å². The lowest BCUT2D eigenvalue weighted by atomic mass is 10.1. The van der Waals surface area contributed by atoms with E-state index in [9.17, 15) is 0 Å². The summed E-state index contributed by atoms with van der Waals surface area (Å²) < 4.78 is 5.73. The summed E-state index contributed by atoms with van der Waals surface area (Å²) in [5.74, 6) is 1.62. The molecule has 2 aromatic carbocycles. The lowest BCUT2D eigenvalue weighted by Crippen LogP contribution is -2.18. The van der Waals surface area contributed by atoms with E-state index in [1.807, 2.05) is 36.4 Å². The van der Waals surface area contributed by atoms with E-state index in [0.29, 0.717) is 29.4 Å². The first-order chi connectivity index (χ1) is 11.3. The Morgan fingerprint density at radius 2 is 1.39 bits per heavy atom. The van der Waals surface area contributed by atoms with E-state index in [1.54, 1.807) is 12.1 Å². The topological polar surface area (TPSA) is 72.5 Å². The number of rotatable bonds is 3. The Balaban J connectivity index is 1.60. The fourth-order valence-corrected chi connectivity index (χ4v) is 2.33. The third-order valence-corrected chi connectivity index (χ3v) is 3.63. The van der Waals surface area contributed by atoms with Crippen LogP contribution < -0.4 is 5.32 Å². The average Bonchev–Trinajstić information content (AvgIpc) is 3.28. The molecule has 0 amide bonds. The summed E-state index contributed by atoms with van der Waals surface area (Å²) in [5.41, 5.74) is 2.59. The van der Waals surface area contributed by atoms with Gasteiger partial charge in [0.05, 0.1) is 0 Å². The molecule has 3 aromatic rings. The molecule has 114 valence electrons. The summed E-state index contributed by atoms with van der Waals surface area (Å²) >= 11 is 5.88. The lowest BCUT2D eigenvalue weighted by molar-refractivity contribution is 0.164. The van der Waals surface area contributed by atoms with Gasteiger partial charge in [0.1, 0.15) is 0 Å². The second-order valence-electron chi connectivity index (χ2n) is 4.89. The van der Waals surface area contributed by atoms with E-state index in [2.05, 4.69) is 20.7 Å². The largest absolute Gasteiger partial charge is 0.416 e. The van der Waals surface area contributed by atoms with Gasteiger partial charge >= 0.3 is 0 Å². The molecule has 6 nitrogen and oxygen atoms in total. The number of amidine groups is 1. The molecule has 0 saturated heterocycles. The fraction of sp³-hybridized carbons (Fsp3) is 0.0625. The van der Waals surface area contributed by atoms with Crippen molar-refractivity contribution in [2.24, 2.45) is 5.16 Å². The van der Waals surface area contributed by atoms with E-state index in [1.165, 1.54) is 0 Å². The molecular weight excluding hydrogens is 316 g/mol. The van der Waals surface area contributed by atoms with Gasteiger partial charge in [0.15, 0.2) is 12.6 Å². The van der Waals surface area contributed by atoms with Gasteiger partial charge in [-0.1, -0.05) is 28.9 Å². The molecular formula is C16H11ClN4O2. The third kappa shape index (κ3) is 2.76. The Morgan fingerprint density at radius 3 is 1.96 bits per heavy atom. The zero-order valence-corrected chi connectivity index (χ0v) is 12.6. The maximum absolute atomic E-state index is 5.88. The van der Waals surface area contributed by atoms with Gasteiger partial charge in [-0.05, 0) is 36.4 Å². The van der Waals surface area contributed by atoms with E-state index >= 15 is 0 Å². The van der Waals surface area contributed by atoms with Crippen LogP contribution in [0.25, 0.3) is 22.9 Å². The van der Waals surface area contributed by atoms with Crippen LogP contribution in [0, 0.1) is 0 Å². The maximum Gasteiger partial charge on any atom is 0.248 e. The zero-order valence-electron chi connectivity index (χ0n) is 11.9. The molecule has 0 unspecified atom stereocenters. The van der Waals surface area contributed by atoms with Crippen LogP contribution in [0.15, 0.2) is 58.1 Å². The monoisotopic (exact) mass is 326 g/mol. The Kier molecular flexibility index (Phi) is 3.44. The molecule has 7 heteroatoms. The van der Waals surface area contributed by atoms with E-state index in [0.717, 1.165) is 16.7 Å². The Hall–Kier alpha value is -2.86. The Bertz CT molecular complexity index is 857. The van der Waals surface area contributed by atoms with Crippen LogP contribution in [0.3, 0.4) is 0 Å². The van der Waals surface area contributed by atoms with Gasteiger partial charge in [-0.15, -0.1) is 10.2 Å². The number of hydrogen-bond acceptors (Lipinski definition) is 6. The predicted octanol–water partition coefficient (Wildman–Crippen LogP) is 3.30. The van der Waals surface area contributed by atoms with Gasteiger partial charge in [0.25, 0.3) is 0 Å². The molecule has 1 aromatic heterocycles. The quantitative estimate of drug-likeness (QED) is 0.799. The molecule has 0 bridgehead atoms. The molecule has 0 aliphatic carbocycles.